The minimum absolute atomic E-state index is 0.405. The monoisotopic (exact) mass is 305 g/mol. The highest BCUT2D eigenvalue weighted by Crippen LogP contribution is 2.29. The van der Waals surface area contributed by atoms with E-state index < -0.39 is 14.8 Å². The van der Waals surface area contributed by atoms with E-state index in [0.29, 0.717) is 6.54 Å². The zero-order chi connectivity index (χ0) is 12.4. The van der Waals surface area contributed by atoms with Gasteiger partial charge in [0.25, 0.3) is 0 Å². The van der Waals surface area contributed by atoms with Gasteiger partial charge in [-0.1, -0.05) is 35.0 Å². The molecule has 0 saturated carbocycles. The van der Waals surface area contributed by atoms with Crippen LogP contribution < -0.4 is 4.72 Å². The molecule has 0 heterocycles. The number of rotatable bonds is 4. The summed E-state index contributed by atoms with van der Waals surface area (Å²) < 4.78 is 26.6. The molecule has 1 aromatic rings. The molecular formula is C11H16BrNO2S. The number of nitrogens with one attached hydrogen (secondary N) is 1. The van der Waals surface area contributed by atoms with Crippen LogP contribution in [0, 0.1) is 0 Å². The highest BCUT2D eigenvalue weighted by atomic mass is 79.9. The van der Waals surface area contributed by atoms with E-state index in [1.54, 1.807) is 20.8 Å². The van der Waals surface area contributed by atoms with Gasteiger partial charge in [0, 0.05) is 11.0 Å². The standard InChI is InChI=1S/C11H16BrNO2S/c1-4-13-16(14,15)11(2,3)9-5-7-10(12)8-6-9/h5-8,13H,4H2,1-3H3. The quantitative estimate of drug-likeness (QED) is 0.929. The second-order valence-corrected chi connectivity index (χ2v) is 7.25. The van der Waals surface area contributed by atoms with Crippen LogP contribution in [0.25, 0.3) is 0 Å². The van der Waals surface area contributed by atoms with E-state index in [1.807, 2.05) is 24.3 Å². The first kappa shape index (κ1) is 13.7. The summed E-state index contributed by atoms with van der Waals surface area (Å²) in [4.78, 5) is 0. The summed E-state index contributed by atoms with van der Waals surface area (Å²) >= 11 is 3.33. The van der Waals surface area contributed by atoms with Crippen LogP contribution in [0.5, 0.6) is 0 Å². The van der Waals surface area contributed by atoms with E-state index in [4.69, 9.17) is 0 Å². The summed E-state index contributed by atoms with van der Waals surface area (Å²) in [6.07, 6.45) is 0. The lowest BCUT2D eigenvalue weighted by Gasteiger charge is -2.25. The number of hydrogen-bond donors (Lipinski definition) is 1. The summed E-state index contributed by atoms with van der Waals surface area (Å²) in [5, 5.41) is 0. The zero-order valence-electron chi connectivity index (χ0n) is 9.62. The van der Waals surface area contributed by atoms with Gasteiger partial charge in [0.05, 0.1) is 0 Å². The molecule has 0 aliphatic heterocycles. The van der Waals surface area contributed by atoms with Crippen LogP contribution in [0.3, 0.4) is 0 Å². The molecule has 0 bridgehead atoms. The van der Waals surface area contributed by atoms with E-state index in [2.05, 4.69) is 20.7 Å². The Kier molecular flexibility index (Phi) is 4.15. The van der Waals surface area contributed by atoms with Gasteiger partial charge in [-0.3, -0.25) is 0 Å². The van der Waals surface area contributed by atoms with Gasteiger partial charge < -0.3 is 0 Å². The van der Waals surface area contributed by atoms with E-state index >= 15 is 0 Å². The molecule has 0 aliphatic carbocycles. The molecule has 0 amide bonds. The third-order valence-corrected chi connectivity index (χ3v) is 5.32. The summed E-state index contributed by atoms with van der Waals surface area (Å²) in [5.41, 5.74) is 0.775. The van der Waals surface area contributed by atoms with Crippen molar-refractivity contribution in [2.75, 3.05) is 6.54 Å². The average molecular weight is 306 g/mol. The molecule has 1 rings (SSSR count). The van der Waals surface area contributed by atoms with Crippen molar-refractivity contribution in [2.24, 2.45) is 0 Å². The third kappa shape index (κ3) is 2.64. The fourth-order valence-electron chi connectivity index (χ4n) is 1.38. The van der Waals surface area contributed by atoms with Crippen molar-refractivity contribution in [3.8, 4) is 0 Å². The molecule has 0 fully saturated rings. The molecule has 0 aromatic heterocycles. The van der Waals surface area contributed by atoms with E-state index in [9.17, 15) is 8.42 Å². The largest absolute Gasteiger partial charge is 0.220 e. The SMILES string of the molecule is CCNS(=O)(=O)C(C)(C)c1ccc(Br)cc1. The molecule has 5 heteroatoms. The molecule has 3 nitrogen and oxygen atoms in total. The highest BCUT2D eigenvalue weighted by Gasteiger charge is 2.35. The summed E-state index contributed by atoms with van der Waals surface area (Å²) in [6, 6.07) is 7.33. The number of hydrogen-bond acceptors (Lipinski definition) is 2. The molecule has 90 valence electrons. The van der Waals surface area contributed by atoms with E-state index in [1.165, 1.54) is 0 Å². The van der Waals surface area contributed by atoms with Gasteiger partial charge >= 0.3 is 0 Å². The first-order chi connectivity index (χ1) is 7.31. The van der Waals surface area contributed by atoms with Gasteiger partial charge in [0.1, 0.15) is 4.75 Å². The Labute approximate surface area is 105 Å². The third-order valence-electron chi connectivity index (χ3n) is 2.55. The molecule has 1 N–H and O–H groups in total. The zero-order valence-corrected chi connectivity index (χ0v) is 12.0. The molecule has 16 heavy (non-hydrogen) atoms. The van der Waals surface area contributed by atoms with Gasteiger partial charge in [-0.2, -0.15) is 0 Å². The van der Waals surface area contributed by atoms with Crippen LogP contribution in [0.2, 0.25) is 0 Å². The molecule has 0 aliphatic rings. The Morgan fingerprint density at radius 3 is 2.19 bits per heavy atom. The Morgan fingerprint density at radius 1 is 1.25 bits per heavy atom. The minimum Gasteiger partial charge on any atom is -0.215 e. The summed E-state index contributed by atoms with van der Waals surface area (Å²) in [6.45, 7) is 5.58. The summed E-state index contributed by atoms with van der Waals surface area (Å²) in [7, 11) is -3.34. The van der Waals surface area contributed by atoms with Gasteiger partial charge in [-0.15, -0.1) is 0 Å². The second kappa shape index (κ2) is 4.85. The normalized spacial score (nSPS) is 12.8. The maximum Gasteiger partial charge on any atom is 0.220 e. The van der Waals surface area contributed by atoms with E-state index in [-0.39, 0.29) is 0 Å². The Hall–Kier alpha value is -0.390. The number of benzene rings is 1. The van der Waals surface area contributed by atoms with Gasteiger partial charge in [-0.25, -0.2) is 13.1 Å². The fraction of sp³-hybridized carbons (Fsp3) is 0.455. The topological polar surface area (TPSA) is 46.2 Å². The lowest BCUT2D eigenvalue weighted by molar-refractivity contribution is 0.542. The average Bonchev–Trinajstić information content (AvgIpc) is 2.18. The lowest BCUT2D eigenvalue weighted by Crippen LogP contribution is -2.39. The fourth-order valence-corrected chi connectivity index (χ4v) is 2.83. The summed E-state index contributed by atoms with van der Waals surface area (Å²) in [5.74, 6) is 0. The van der Waals surface area contributed by atoms with Crippen LogP contribution in [0.1, 0.15) is 26.3 Å². The number of halogens is 1. The van der Waals surface area contributed by atoms with Crippen molar-refractivity contribution in [3.05, 3.63) is 34.3 Å². The Balaban J connectivity index is 3.15. The van der Waals surface area contributed by atoms with Crippen molar-refractivity contribution in [1.82, 2.24) is 4.72 Å². The maximum absolute atomic E-state index is 12.0. The van der Waals surface area contributed by atoms with E-state index in [0.717, 1.165) is 10.0 Å². The van der Waals surface area contributed by atoms with Crippen LogP contribution >= 0.6 is 15.9 Å². The molecule has 1 aromatic carbocycles. The second-order valence-electron chi connectivity index (χ2n) is 4.02. The van der Waals surface area contributed by atoms with Gasteiger partial charge in [0.2, 0.25) is 10.0 Å². The van der Waals surface area contributed by atoms with Crippen molar-refractivity contribution in [2.45, 2.75) is 25.5 Å². The van der Waals surface area contributed by atoms with Crippen LogP contribution in [-0.4, -0.2) is 15.0 Å². The van der Waals surface area contributed by atoms with Crippen molar-refractivity contribution < 1.29 is 8.42 Å². The van der Waals surface area contributed by atoms with Crippen LogP contribution in [0.15, 0.2) is 28.7 Å². The first-order valence-electron chi connectivity index (χ1n) is 5.06. The predicted molar refractivity (Wildman–Crippen MR) is 69.8 cm³/mol. The maximum atomic E-state index is 12.0. The van der Waals surface area contributed by atoms with Crippen molar-refractivity contribution in [3.63, 3.8) is 0 Å². The molecule has 0 spiro atoms. The Bertz CT molecular complexity index is 451. The number of sulfonamides is 1. The molecular weight excluding hydrogens is 290 g/mol. The highest BCUT2D eigenvalue weighted by molar-refractivity contribution is 9.10. The van der Waals surface area contributed by atoms with Crippen molar-refractivity contribution in [1.29, 1.82) is 0 Å². The molecule has 0 saturated heterocycles. The smallest absolute Gasteiger partial charge is 0.215 e. The Morgan fingerprint density at radius 2 is 1.75 bits per heavy atom. The van der Waals surface area contributed by atoms with Crippen LogP contribution in [-0.2, 0) is 14.8 Å². The molecule has 0 unspecified atom stereocenters. The van der Waals surface area contributed by atoms with Crippen LogP contribution in [0.4, 0.5) is 0 Å². The van der Waals surface area contributed by atoms with Crippen molar-refractivity contribution >= 4 is 26.0 Å². The first-order valence-corrected chi connectivity index (χ1v) is 7.34. The van der Waals surface area contributed by atoms with Gasteiger partial charge in [0.15, 0.2) is 0 Å². The predicted octanol–water partition coefficient (Wildman–Crippen LogP) is 2.62. The minimum atomic E-state index is -3.34. The van der Waals surface area contributed by atoms with Gasteiger partial charge in [-0.05, 0) is 31.5 Å². The molecule has 0 radical (unpaired) electrons. The molecule has 0 atom stereocenters. The lowest BCUT2D eigenvalue weighted by atomic mass is 10.0.